The third-order valence-corrected chi connectivity index (χ3v) is 6.88. The molecule has 0 radical (unpaired) electrons. The van der Waals surface area contributed by atoms with Crippen molar-refractivity contribution in [1.29, 1.82) is 0 Å². The van der Waals surface area contributed by atoms with E-state index in [9.17, 15) is 13.2 Å². The Morgan fingerprint density at radius 3 is 2.36 bits per heavy atom. The molecule has 0 saturated heterocycles. The third-order valence-electron chi connectivity index (χ3n) is 4.95. The predicted octanol–water partition coefficient (Wildman–Crippen LogP) is 2.03. The molecule has 2 rings (SSSR count). The zero-order valence-corrected chi connectivity index (χ0v) is 18.3. The first-order valence-electron chi connectivity index (χ1n) is 9.53. The van der Waals surface area contributed by atoms with Crippen LogP contribution in [0.3, 0.4) is 0 Å². The topological polar surface area (TPSA) is 87.7 Å². The van der Waals surface area contributed by atoms with Crippen molar-refractivity contribution in [3.63, 3.8) is 0 Å². The number of nitrogens with one attached hydrogen (secondary N) is 2. The van der Waals surface area contributed by atoms with Crippen molar-refractivity contribution in [3.05, 3.63) is 29.8 Å². The van der Waals surface area contributed by atoms with E-state index >= 15 is 0 Å². The highest BCUT2D eigenvalue weighted by Crippen LogP contribution is 2.26. The second-order valence-electron chi connectivity index (χ2n) is 6.84. The number of sulfonamides is 1. The van der Waals surface area contributed by atoms with E-state index < -0.39 is 10.0 Å². The van der Waals surface area contributed by atoms with Crippen LogP contribution in [0.1, 0.15) is 42.5 Å². The van der Waals surface area contributed by atoms with Crippen LogP contribution in [0.4, 0.5) is 0 Å². The minimum absolute atomic E-state index is 0. The first-order chi connectivity index (χ1) is 13.0. The summed E-state index contributed by atoms with van der Waals surface area (Å²) in [7, 11) is -0.237. The van der Waals surface area contributed by atoms with Gasteiger partial charge in [-0.3, -0.25) is 4.79 Å². The lowest BCUT2D eigenvalue weighted by Crippen LogP contribution is -2.38. The molecule has 1 aliphatic rings. The Hall–Kier alpha value is -1.19. The molecule has 2 N–H and O–H groups in total. The molecule has 28 heavy (non-hydrogen) atoms. The van der Waals surface area contributed by atoms with Crippen LogP contribution >= 0.6 is 12.4 Å². The van der Waals surface area contributed by atoms with E-state index in [1.165, 1.54) is 22.9 Å². The van der Waals surface area contributed by atoms with Gasteiger partial charge in [-0.1, -0.05) is 19.3 Å². The van der Waals surface area contributed by atoms with Gasteiger partial charge in [-0.05, 0) is 37.1 Å². The Kier molecular flexibility index (Phi) is 11.0. The monoisotopic (exact) mass is 433 g/mol. The molecule has 0 bridgehead atoms. The van der Waals surface area contributed by atoms with Crippen molar-refractivity contribution in [2.75, 3.05) is 40.4 Å². The largest absolute Gasteiger partial charge is 0.383 e. The van der Waals surface area contributed by atoms with Gasteiger partial charge in [-0.2, -0.15) is 4.31 Å². The number of amides is 1. The van der Waals surface area contributed by atoms with E-state index in [0.29, 0.717) is 25.3 Å². The van der Waals surface area contributed by atoms with Crippen molar-refractivity contribution >= 4 is 28.3 Å². The van der Waals surface area contributed by atoms with Gasteiger partial charge in [0.25, 0.3) is 5.91 Å². The van der Waals surface area contributed by atoms with Gasteiger partial charge in [-0.15, -0.1) is 12.4 Å². The van der Waals surface area contributed by atoms with Crippen molar-refractivity contribution in [3.8, 4) is 0 Å². The molecule has 0 aromatic heterocycles. The maximum absolute atomic E-state index is 12.8. The highest BCUT2D eigenvalue weighted by atomic mass is 35.5. The summed E-state index contributed by atoms with van der Waals surface area (Å²) in [4.78, 5) is 12.4. The maximum Gasteiger partial charge on any atom is 0.251 e. The summed E-state index contributed by atoms with van der Waals surface area (Å²) >= 11 is 0. The molecule has 0 unspecified atom stereocenters. The van der Waals surface area contributed by atoms with Gasteiger partial charge in [-0.25, -0.2) is 8.42 Å². The first kappa shape index (κ1) is 24.8. The lowest BCUT2D eigenvalue weighted by Gasteiger charge is -2.30. The quantitative estimate of drug-likeness (QED) is 0.551. The third kappa shape index (κ3) is 7.00. The van der Waals surface area contributed by atoms with Crippen LogP contribution < -0.4 is 10.6 Å². The van der Waals surface area contributed by atoms with Gasteiger partial charge in [0.15, 0.2) is 0 Å². The molecule has 0 heterocycles. The standard InChI is InChI=1S/C19H31N3O4S.ClH/c1-22(17-6-4-3-5-7-17)27(24,25)18-10-8-16(9-11-18)19(23)21-13-12-20-14-15-26-2;/h8-11,17,20H,3-7,12-15H2,1-2H3,(H,21,23);1H. The van der Waals surface area contributed by atoms with Gasteiger partial charge in [0.2, 0.25) is 10.0 Å². The second-order valence-corrected chi connectivity index (χ2v) is 8.83. The van der Waals surface area contributed by atoms with E-state index in [-0.39, 0.29) is 29.3 Å². The number of hydrogen-bond acceptors (Lipinski definition) is 5. The van der Waals surface area contributed by atoms with Crippen LogP contribution in [-0.4, -0.2) is 65.1 Å². The van der Waals surface area contributed by atoms with Gasteiger partial charge in [0, 0.05) is 45.4 Å². The summed E-state index contributed by atoms with van der Waals surface area (Å²) in [5, 5.41) is 5.95. The smallest absolute Gasteiger partial charge is 0.251 e. The van der Waals surface area contributed by atoms with E-state index in [2.05, 4.69) is 10.6 Å². The molecular formula is C19H32ClN3O4S. The van der Waals surface area contributed by atoms with E-state index in [1.807, 2.05) is 0 Å². The van der Waals surface area contributed by atoms with Crippen LogP contribution in [0.15, 0.2) is 29.2 Å². The van der Waals surface area contributed by atoms with Gasteiger partial charge < -0.3 is 15.4 Å². The zero-order chi connectivity index (χ0) is 19.7. The molecule has 1 aliphatic carbocycles. The molecule has 1 fully saturated rings. The molecular weight excluding hydrogens is 402 g/mol. The number of halogens is 1. The average molecular weight is 434 g/mol. The lowest BCUT2D eigenvalue weighted by atomic mass is 9.96. The molecule has 1 aromatic carbocycles. The molecule has 160 valence electrons. The second kappa shape index (κ2) is 12.4. The molecule has 0 aliphatic heterocycles. The first-order valence-corrected chi connectivity index (χ1v) is 11.0. The number of hydrogen-bond donors (Lipinski definition) is 2. The molecule has 1 saturated carbocycles. The van der Waals surface area contributed by atoms with Crippen LogP contribution in [0.2, 0.25) is 0 Å². The molecule has 7 nitrogen and oxygen atoms in total. The number of benzene rings is 1. The minimum atomic E-state index is -3.53. The average Bonchev–Trinajstić information content (AvgIpc) is 2.70. The Labute approximate surface area is 174 Å². The SMILES string of the molecule is COCCNCCNC(=O)c1ccc(S(=O)(=O)N(C)C2CCCCC2)cc1.Cl. The van der Waals surface area contributed by atoms with Crippen LogP contribution in [0.5, 0.6) is 0 Å². The normalized spacial score (nSPS) is 15.2. The summed E-state index contributed by atoms with van der Waals surface area (Å²) in [5.41, 5.74) is 0.450. The zero-order valence-electron chi connectivity index (χ0n) is 16.6. The van der Waals surface area contributed by atoms with E-state index in [0.717, 1.165) is 32.2 Å². The van der Waals surface area contributed by atoms with Gasteiger partial charge >= 0.3 is 0 Å². The minimum Gasteiger partial charge on any atom is -0.383 e. The number of carbonyl (C=O) groups excluding carboxylic acids is 1. The number of methoxy groups -OCH3 is 1. The van der Waals surface area contributed by atoms with Gasteiger partial charge in [0.1, 0.15) is 0 Å². The highest BCUT2D eigenvalue weighted by molar-refractivity contribution is 7.89. The molecule has 0 spiro atoms. The van der Waals surface area contributed by atoms with Crippen molar-refractivity contribution in [2.24, 2.45) is 0 Å². The fourth-order valence-electron chi connectivity index (χ4n) is 3.25. The number of rotatable bonds is 10. The van der Waals surface area contributed by atoms with E-state index in [1.54, 1.807) is 26.3 Å². The lowest BCUT2D eigenvalue weighted by molar-refractivity contribution is 0.0953. The maximum atomic E-state index is 12.8. The van der Waals surface area contributed by atoms with E-state index in [4.69, 9.17) is 4.74 Å². The van der Waals surface area contributed by atoms with Crippen molar-refractivity contribution in [1.82, 2.24) is 14.9 Å². The molecule has 1 amide bonds. The number of carbonyl (C=O) groups is 1. The fraction of sp³-hybridized carbons (Fsp3) is 0.632. The summed E-state index contributed by atoms with van der Waals surface area (Å²) in [6, 6.07) is 6.23. The summed E-state index contributed by atoms with van der Waals surface area (Å²) in [6.07, 6.45) is 5.15. The fourth-order valence-corrected chi connectivity index (χ4v) is 4.67. The number of nitrogens with zero attached hydrogens (tertiary/aromatic N) is 1. The molecule has 0 atom stereocenters. The molecule has 9 heteroatoms. The summed E-state index contributed by atoms with van der Waals surface area (Å²) in [5.74, 6) is -0.215. The van der Waals surface area contributed by atoms with Crippen molar-refractivity contribution < 1.29 is 17.9 Å². The van der Waals surface area contributed by atoms with Crippen molar-refractivity contribution in [2.45, 2.75) is 43.0 Å². The highest BCUT2D eigenvalue weighted by Gasteiger charge is 2.29. The van der Waals surface area contributed by atoms with Crippen LogP contribution in [0, 0.1) is 0 Å². The van der Waals surface area contributed by atoms with Crippen LogP contribution in [-0.2, 0) is 14.8 Å². The predicted molar refractivity (Wildman–Crippen MR) is 113 cm³/mol. The van der Waals surface area contributed by atoms with Gasteiger partial charge in [0.05, 0.1) is 11.5 Å². The Morgan fingerprint density at radius 1 is 1.11 bits per heavy atom. The Morgan fingerprint density at radius 2 is 1.75 bits per heavy atom. The Balaban J connectivity index is 0.00000392. The summed E-state index contributed by atoms with van der Waals surface area (Å²) < 4.78 is 32.1. The number of ether oxygens (including phenoxy) is 1. The Bertz CT molecular complexity index is 692. The van der Waals surface area contributed by atoms with Crippen LogP contribution in [0.25, 0.3) is 0 Å². The summed E-state index contributed by atoms with van der Waals surface area (Å²) in [6.45, 7) is 2.49. The molecule has 1 aromatic rings.